The number of aryl methyl sites for hydroxylation is 1. The van der Waals surface area contributed by atoms with Gasteiger partial charge in [-0.05, 0) is 43.2 Å². The molecule has 1 aromatic rings. The molecule has 0 bridgehead atoms. The van der Waals surface area contributed by atoms with E-state index in [4.69, 9.17) is 10.7 Å². The first-order valence-corrected chi connectivity index (χ1v) is 7.23. The Bertz CT molecular complexity index is 444. The van der Waals surface area contributed by atoms with Gasteiger partial charge in [0.1, 0.15) is 0 Å². The Labute approximate surface area is 109 Å². The van der Waals surface area contributed by atoms with Crippen molar-refractivity contribution >= 4 is 5.84 Å². The molecule has 1 saturated carbocycles. The van der Waals surface area contributed by atoms with E-state index in [1.54, 1.807) is 0 Å². The molecule has 2 aliphatic carbocycles. The number of nitrogens with two attached hydrogens (primary N) is 1. The molecule has 0 spiro atoms. The van der Waals surface area contributed by atoms with Gasteiger partial charge in [0.2, 0.25) is 0 Å². The van der Waals surface area contributed by atoms with Crippen molar-refractivity contribution in [1.82, 2.24) is 0 Å². The van der Waals surface area contributed by atoms with Crippen molar-refractivity contribution in [3.8, 4) is 0 Å². The van der Waals surface area contributed by atoms with Gasteiger partial charge in [-0.25, -0.2) is 0 Å². The Morgan fingerprint density at radius 3 is 2.56 bits per heavy atom. The summed E-state index contributed by atoms with van der Waals surface area (Å²) in [6.45, 7) is 0. The number of amidine groups is 1. The van der Waals surface area contributed by atoms with E-state index in [1.807, 2.05) is 0 Å². The molecule has 2 nitrogen and oxygen atoms in total. The summed E-state index contributed by atoms with van der Waals surface area (Å²) < 4.78 is 0. The van der Waals surface area contributed by atoms with Gasteiger partial charge in [0.05, 0.1) is 11.9 Å². The van der Waals surface area contributed by atoms with Crippen molar-refractivity contribution in [3.63, 3.8) is 0 Å². The third kappa shape index (κ3) is 2.43. The second kappa shape index (κ2) is 5.13. The van der Waals surface area contributed by atoms with Crippen LogP contribution in [0, 0.1) is 5.92 Å². The number of aliphatic imine (C=N–C) groups is 1. The van der Waals surface area contributed by atoms with Crippen LogP contribution in [-0.4, -0.2) is 11.9 Å². The summed E-state index contributed by atoms with van der Waals surface area (Å²) in [5.74, 6) is 1.50. The highest BCUT2D eigenvalue weighted by Gasteiger charge is 2.22. The molecule has 1 fully saturated rings. The molecule has 1 aromatic carbocycles. The van der Waals surface area contributed by atoms with E-state index in [9.17, 15) is 0 Å². The summed E-state index contributed by atoms with van der Waals surface area (Å²) in [5.41, 5.74) is 9.15. The Morgan fingerprint density at radius 2 is 1.78 bits per heavy atom. The van der Waals surface area contributed by atoms with Crippen molar-refractivity contribution in [1.29, 1.82) is 0 Å². The van der Waals surface area contributed by atoms with Gasteiger partial charge >= 0.3 is 0 Å². The molecule has 96 valence electrons. The number of hydrogen-bond donors (Lipinski definition) is 1. The lowest BCUT2D eigenvalue weighted by atomic mass is 9.88. The molecule has 0 aromatic heterocycles. The van der Waals surface area contributed by atoms with Crippen LogP contribution in [0.15, 0.2) is 29.3 Å². The maximum absolute atomic E-state index is 6.18. The van der Waals surface area contributed by atoms with Crippen LogP contribution in [-0.2, 0) is 12.8 Å². The van der Waals surface area contributed by atoms with Crippen LogP contribution in [0.3, 0.4) is 0 Å². The average Bonchev–Trinajstić information content (AvgIpc) is 2.92. The molecule has 0 heterocycles. The third-order valence-electron chi connectivity index (χ3n) is 4.43. The zero-order chi connectivity index (χ0) is 12.4. The first kappa shape index (κ1) is 11.8. The first-order valence-electron chi connectivity index (χ1n) is 7.23. The fourth-order valence-electron chi connectivity index (χ4n) is 3.33. The SMILES string of the molecule is NC(=NC1CCc2ccccc2C1)C1CCCC1. The molecule has 2 heteroatoms. The normalized spacial score (nSPS) is 25.1. The molecule has 2 aliphatic rings. The molecule has 0 amide bonds. The number of benzene rings is 1. The van der Waals surface area contributed by atoms with E-state index < -0.39 is 0 Å². The summed E-state index contributed by atoms with van der Waals surface area (Å²) in [6, 6.07) is 9.17. The second-order valence-electron chi connectivity index (χ2n) is 5.70. The molecule has 2 N–H and O–H groups in total. The molecule has 1 atom stereocenters. The lowest BCUT2D eigenvalue weighted by Gasteiger charge is -2.23. The summed E-state index contributed by atoms with van der Waals surface area (Å²) >= 11 is 0. The quantitative estimate of drug-likeness (QED) is 0.628. The van der Waals surface area contributed by atoms with Gasteiger partial charge in [-0.15, -0.1) is 0 Å². The van der Waals surface area contributed by atoms with Gasteiger partial charge in [0.15, 0.2) is 0 Å². The van der Waals surface area contributed by atoms with E-state index >= 15 is 0 Å². The van der Waals surface area contributed by atoms with Crippen molar-refractivity contribution in [2.24, 2.45) is 16.6 Å². The zero-order valence-corrected chi connectivity index (χ0v) is 10.9. The van der Waals surface area contributed by atoms with Crippen LogP contribution in [0.2, 0.25) is 0 Å². The lowest BCUT2D eigenvalue weighted by Crippen LogP contribution is -2.26. The molecular weight excluding hydrogens is 220 g/mol. The molecular formula is C16H22N2. The van der Waals surface area contributed by atoms with Crippen molar-refractivity contribution in [2.45, 2.75) is 51.0 Å². The maximum atomic E-state index is 6.18. The second-order valence-corrected chi connectivity index (χ2v) is 5.70. The number of fused-ring (bicyclic) bond motifs is 1. The Hall–Kier alpha value is -1.31. The summed E-state index contributed by atoms with van der Waals surface area (Å²) in [5, 5.41) is 0. The monoisotopic (exact) mass is 242 g/mol. The minimum absolute atomic E-state index is 0.417. The third-order valence-corrected chi connectivity index (χ3v) is 4.43. The van der Waals surface area contributed by atoms with Crippen LogP contribution in [0.5, 0.6) is 0 Å². The van der Waals surface area contributed by atoms with Gasteiger partial charge in [-0.3, -0.25) is 4.99 Å². The van der Waals surface area contributed by atoms with E-state index in [1.165, 1.54) is 36.8 Å². The minimum Gasteiger partial charge on any atom is -0.387 e. The molecule has 18 heavy (non-hydrogen) atoms. The highest BCUT2D eigenvalue weighted by Crippen LogP contribution is 2.27. The van der Waals surface area contributed by atoms with E-state index in [-0.39, 0.29) is 0 Å². The summed E-state index contributed by atoms with van der Waals surface area (Å²) in [4.78, 5) is 4.81. The molecule has 0 saturated heterocycles. The molecule has 3 rings (SSSR count). The molecule has 1 unspecified atom stereocenters. The standard InChI is InChI=1S/C16H22N2/c17-16(13-6-2-3-7-13)18-15-10-9-12-5-1-4-8-14(12)11-15/h1,4-5,8,13,15H,2-3,6-7,9-11H2,(H2,17,18). The highest BCUT2D eigenvalue weighted by molar-refractivity contribution is 5.83. The van der Waals surface area contributed by atoms with Crippen molar-refractivity contribution < 1.29 is 0 Å². The zero-order valence-electron chi connectivity index (χ0n) is 10.9. The Morgan fingerprint density at radius 1 is 1.06 bits per heavy atom. The number of nitrogens with zero attached hydrogens (tertiary/aromatic N) is 1. The van der Waals surface area contributed by atoms with E-state index in [0.29, 0.717) is 12.0 Å². The van der Waals surface area contributed by atoms with Gasteiger partial charge in [0.25, 0.3) is 0 Å². The fraction of sp³-hybridized carbons (Fsp3) is 0.562. The van der Waals surface area contributed by atoms with E-state index in [0.717, 1.165) is 25.1 Å². The predicted octanol–water partition coefficient (Wildman–Crippen LogP) is 3.09. The summed E-state index contributed by atoms with van der Waals surface area (Å²) in [6.07, 6.45) is 8.54. The van der Waals surface area contributed by atoms with E-state index in [2.05, 4.69) is 24.3 Å². The van der Waals surface area contributed by atoms with Crippen molar-refractivity contribution in [3.05, 3.63) is 35.4 Å². The van der Waals surface area contributed by atoms with Crippen molar-refractivity contribution in [2.75, 3.05) is 0 Å². The fourth-order valence-corrected chi connectivity index (χ4v) is 3.33. The molecule has 0 aliphatic heterocycles. The van der Waals surface area contributed by atoms with Crippen LogP contribution >= 0.6 is 0 Å². The van der Waals surface area contributed by atoms with Crippen LogP contribution < -0.4 is 5.73 Å². The van der Waals surface area contributed by atoms with Crippen LogP contribution in [0.1, 0.15) is 43.2 Å². The highest BCUT2D eigenvalue weighted by atomic mass is 14.9. The average molecular weight is 242 g/mol. The topological polar surface area (TPSA) is 38.4 Å². The van der Waals surface area contributed by atoms with Crippen LogP contribution in [0.4, 0.5) is 0 Å². The molecule has 0 radical (unpaired) electrons. The smallest absolute Gasteiger partial charge is 0.0971 e. The predicted molar refractivity (Wildman–Crippen MR) is 75.8 cm³/mol. The Kier molecular flexibility index (Phi) is 3.35. The summed E-state index contributed by atoms with van der Waals surface area (Å²) in [7, 11) is 0. The maximum Gasteiger partial charge on any atom is 0.0971 e. The van der Waals surface area contributed by atoms with Gasteiger partial charge < -0.3 is 5.73 Å². The van der Waals surface area contributed by atoms with Gasteiger partial charge in [-0.2, -0.15) is 0 Å². The van der Waals surface area contributed by atoms with Gasteiger partial charge in [-0.1, -0.05) is 37.1 Å². The van der Waals surface area contributed by atoms with Gasteiger partial charge in [0, 0.05) is 5.92 Å². The first-order chi connectivity index (χ1) is 8.83. The lowest BCUT2D eigenvalue weighted by molar-refractivity contribution is 0.570. The van der Waals surface area contributed by atoms with Crippen LogP contribution in [0.25, 0.3) is 0 Å². The Balaban J connectivity index is 1.70. The minimum atomic E-state index is 0.417. The largest absolute Gasteiger partial charge is 0.387 e. The number of rotatable bonds is 2. The number of hydrogen-bond acceptors (Lipinski definition) is 1.